The Hall–Kier alpha value is -5.14. The predicted octanol–water partition coefficient (Wildman–Crippen LogP) is 2.09. The summed E-state index contributed by atoms with van der Waals surface area (Å²) in [4.78, 5) is 38.5. The van der Waals surface area contributed by atoms with E-state index >= 15 is 0 Å². The molecule has 2 aliphatic heterocycles. The molecule has 3 aromatic rings. The van der Waals surface area contributed by atoms with Gasteiger partial charge in [0.05, 0.1) is 45.3 Å². The monoisotopic (exact) mass is 574 g/mol. The molecule has 0 spiro atoms. The largest absolute Gasteiger partial charge is 0.497 e. The van der Waals surface area contributed by atoms with Crippen molar-refractivity contribution in [3.8, 4) is 5.75 Å². The molecule has 0 aliphatic carbocycles. The van der Waals surface area contributed by atoms with Crippen LogP contribution in [-0.4, -0.2) is 88.5 Å². The number of aromatic nitrogens is 3. The number of ether oxygens (including phenoxy) is 3. The summed E-state index contributed by atoms with van der Waals surface area (Å²) in [6.45, 7) is 2.06. The van der Waals surface area contributed by atoms with Gasteiger partial charge in [0.2, 0.25) is 6.04 Å². The summed E-state index contributed by atoms with van der Waals surface area (Å²) in [6.07, 6.45) is 0.371. The quantitative estimate of drug-likeness (QED) is 0.350. The molecule has 3 atom stereocenters. The second kappa shape index (κ2) is 12.2. The van der Waals surface area contributed by atoms with Gasteiger partial charge >= 0.3 is 11.9 Å². The molecule has 5 rings (SSSR count). The lowest BCUT2D eigenvalue weighted by Crippen LogP contribution is -2.49. The first-order valence-electron chi connectivity index (χ1n) is 13.2. The summed E-state index contributed by atoms with van der Waals surface area (Å²) >= 11 is 0. The third-order valence-corrected chi connectivity index (χ3v) is 7.19. The molecule has 2 aliphatic rings. The number of hydrogen-bond donors (Lipinski definition) is 0. The van der Waals surface area contributed by atoms with Crippen molar-refractivity contribution in [3.05, 3.63) is 77.1 Å². The van der Waals surface area contributed by atoms with Gasteiger partial charge in [0.1, 0.15) is 18.0 Å². The van der Waals surface area contributed by atoms with Gasteiger partial charge in [-0.05, 0) is 30.2 Å². The number of benzene rings is 2. The smallest absolute Gasteiger partial charge is 0.335 e. The highest BCUT2D eigenvalue weighted by molar-refractivity contribution is 6.02. The van der Waals surface area contributed by atoms with Crippen LogP contribution in [0.25, 0.3) is 0 Å². The van der Waals surface area contributed by atoms with Crippen LogP contribution in [0.1, 0.15) is 35.0 Å². The van der Waals surface area contributed by atoms with Gasteiger partial charge in [-0.3, -0.25) is 9.80 Å². The van der Waals surface area contributed by atoms with Gasteiger partial charge in [-0.15, -0.1) is 5.10 Å². The standard InChI is InChI=1S/C28H30N8O6/c1-17-24(29-32-34(17)15-18-8-6-5-7-9-18)21-14-22(19-10-12-20(40-2)13-11-19)36(31-21)23(37)16-35-26(28(39)42-4)25(30-33-35)27(38)41-3/h5-13,22,25-26H,14-16H2,1-4H3. The molecular formula is C28H30N8O6. The molecule has 1 aromatic heterocycles. The number of rotatable bonds is 9. The van der Waals surface area contributed by atoms with E-state index in [0.29, 0.717) is 30.1 Å². The van der Waals surface area contributed by atoms with Crippen LogP contribution in [0.4, 0.5) is 0 Å². The first-order valence-corrected chi connectivity index (χ1v) is 13.2. The Morgan fingerprint density at radius 2 is 1.67 bits per heavy atom. The van der Waals surface area contributed by atoms with Gasteiger partial charge in [0.15, 0.2) is 6.04 Å². The number of nitrogens with zero attached hydrogens (tertiary/aromatic N) is 8. The van der Waals surface area contributed by atoms with E-state index in [1.54, 1.807) is 23.9 Å². The number of carbonyl (C=O) groups excluding carboxylic acids is 3. The predicted molar refractivity (Wildman–Crippen MR) is 147 cm³/mol. The van der Waals surface area contributed by atoms with Crippen molar-refractivity contribution in [2.24, 2.45) is 15.4 Å². The second-order valence-electron chi connectivity index (χ2n) is 9.68. The van der Waals surface area contributed by atoms with Gasteiger partial charge in [0.25, 0.3) is 5.91 Å². The molecule has 42 heavy (non-hydrogen) atoms. The number of hydrogen-bond acceptors (Lipinski definition) is 12. The average molecular weight is 575 g/mol. The molecule has 0 bridgehead atoms. The molecule has 0 N–H and O–H groups in total. The summed E-state index contributed by atoms with van der Waals surface area (Å²) in [7, 11) is 3.93. The molecule has 3 unspecified atom stereocenters. The normalized spacial score (nSPS) is 19.5. The maximum atomic E-state index is 13.8. The molecule has 0 radical (unpaired) electrons. The van der Waals surface area contributed by atoms with E-state index in [-0.39, 0.29) is 6.54 Å². The zero-order valence-electron chi connectivity index (χ0n) is 23.6. The molecule has 1 amide bonds. The highest BCUT2D eigenvalue weighted by atomic mass is 16.5. The lowest BCUT2D eigenvalue weighted by molar-refractivity contribution is -0.154. The van der Waals surface area contributed by atoms with Crippen LogP contribution in [0.2, 0.25) is 0 Å². The van der Waals surface area contributed by atoms with Crippen LogP contribution in [0, 0.1) is 6.92 Å². The van der Waals surface area contributed by atoms with Crippen molar-refractivity contribution in [2.75, 3.05) is 27.9 Å². The zero-order valence-corrected chi connectivity index (χ0v) is 23.6. The summed E-state index contributed by atoms with van der Waals surface area (Å²) in [5.74, 6) is -1.34. The minimum Gasteiger partial charge on any atom is -0.497 e. The molecule has 14 heteroatoms. The summed E-state index contributed by atoms with van der Waals surface area (Å²) < 4.78 is 16.7. The average Bonchev–Trinajstić information content (AvgIpc) is 3.74. The molecule has 14 nitrogen and oxygen atoms in total. The Kier molecular flexibility index (Phi) is 8.22. The van der Waals surface area contributed by atoms with Crippen LogP contribution in [0.5, 0.6) is 5.75 Å². The molecule has 218 valence electrons. The minimum absolute atomic E-state index is 0.371. The number of methoxy groups -OCH3 is 3. The third kappa shape index (κ3) is 5.55. The fourth-order valence-corrected chi connectivity index (χ4v) is 4.92. The number of esters is 2. The van der Waals surface area contributed by atoms with E-state index in [2.05, 4.69) is 25.8 Å². The highest BCUT2D eigenvalue weighted by Gasteiger charge is 2.46. The van der Waals surface area contributed by atoms with Crippen molar-refractivity contribution in [2.45, 2.75) is 38.0 Å². The number of amides is 1. The van der Waals surface area contributed by atoms with Gasteiger partial charge in [0, 0.05) is 6.42 Å². The van der Waals surface area contributed by atoms with Crippen LogP contribution in [0.3, 0.4) is 0 Å². The Bertz CT molecular complexity index is 1520. The highest BCUT2D eigenvalue weighted by Crippen LogP contribution is 2.34. The number of hydrazone groups is 1. The molecule has 0 saturated heterocycles. The molecule has 0 saturated carbocycles. The maximum absolute atomic E-state index is 13.8. The molecular weight excluding hydrogens is 544 g/mol. The minimum atomic E-state index is -1.26. The Balaban J connectivity index is 1.43. The van der Waals surface area contributed by atoms with Gasteiger partial charge in [-0.1, -0.05) is 52.9 Å². The lowest BCUT2D eigenvalue weighted by atomic mass is 10.00. The third-order valence-electron chi connectivity index (χ3n) is 7.19. The van der Waals surface area contributed by atoms with Crippen LogP contribution >= 0.6 is 0 Å². The molecule has 2 aromatic carbocycles. The fourth-order valence-electron chi connectivity index (χ4n) is 4.92. The number of carbonyl (C=O) groups is 3. The first-order chi connectivity index (χ1) is 20.3. The second-order valence-corrected chi connectivity index (χ2v) is 9.68. The van der Waals surface area contributed by atoms with Crippen molar-refractivity contribution < 1.29 is 28.6 Å². The Labute approximate surface area is 241 Å². The molecule has 3 heterocycles. The van der Waals surface area contributed by atoms with Crippen molar-refractivity contribution >= 4 is 23.6 Å². The van der Waals surface area contributed by atoms with E-state index in [1.165, 1.54) is 19.2 Å². The van der Waals surface area contributed by atoms with Crippen molar-refractivity contribution in [1.29, 1.82) is 0 Å². The van der Waals surface area contributed by atoms with Crippen LogP contribution in [0.15, 0.2) is 70.0 Å². The Morgan fingerprint density at radius 3 is 2.33 bits per heavy atom. The van der Waals surface area contributed by atoms with Crippen molar-refractivity contribution in [1.82, 2.24) is 25.0 Å². The lowest BCUT2D eigenvalue weighted by Gasteiger charge is -2.26. The summed E-state index contributed by atoms with van der Waals surface area (Å²) in [6, 6.07) is 14.2. The summed E-state index contributed by atoms with van der Waals surface area (Å²) in [5.41, 5.74) is 3.86. The van der Waals surface area contributed by atoms with E-state index in [0.717, 1.165) is 21.8 Å². The van der Waals surface area contributed by atoms with E-state index in [4.69, 9.17) is 14.2 Å². The molecule has 0 fully saturated rings. The Morgan fingerprint density at radius 1 is 0.952 bits per heavy atom. The van der Waals surface area contributed by atoms with Gasteiger partial charge < -0.3 is 14.2 Å². The zero-order chi connectivity index (χ0) is 29.8. The first kappa shape index (κ1) is 28.4. The van der Waals surface area contributed by atoms with Crippen LogP contribution in [-0.2, 0) is 30.4 Å². The fraction of sp³-hybridized carbons (Fsp3) is 0.357. The van der Waals surface area contributed by atoms with Gasteiger partial charge in [-0.25, -0.2) is 19.3 Å². The topological polar surface area (TPSA) is 153 Å². The maximum Gasteiger partial charge on any atom is 0.335 e. The SMILES string of the molecule is COC(=O)C1N=NN(CC(=O)N2N=C(c3nnn(Cc4ccccc4)c3C)CC2c2ccc(OC)cc2)C1C(=O)OC. The van der Waals surface area contributed by atoms with Crippen LogP contribution < -0.4 is 4.74 Å². The van der Waals surface area contributed by atoms with Gasteiger partial charge in [-0.2, -0.15) is 10.2 Å². The van der Waals surface area contributed by atoms with E-state index in [1.807, 2.05) is 49.4 Å². The van der Waals surface area contributed by atoms with Crippen molar-refractivity contribution in [3.63, 3.8) is 0 Å². The van der Waals surface area contributed by atoms with E-state index in [9.17, 15) is 14.4 Å². The summed E-state index contributed by atoms with van der Waals surface area (Å²) in [5, 5.41) is 23.7. The van der Waals surface area contributed by atoms with E-state index < -0.39 is 36.0 Å².